The van der Waals surface area contributed by atoms with Crippen molar-refractivity contribution in [2.24, 2.45) is 23.7 Å². The first-order valence-electron chi connectivity index (χ1n) is 13.6. The molecule has 0 unspecified atom stereocenters. The zero-order valence-electron chi connectivity index (χ0n) is 21.7. The van der Waals surface area contributed by atoms with Crippen LogP contribution in [0, 0.1) is 36.4 Å². The molecule has 2 fully saturated rings. The summed E-state index contributed by atoms with van der Waals surface area (Å²) >= 11 is 0. The number of halogens is 6. The molecule has 0 bridgehead atoms. The van der Waals surface area contributed by atoms with Crippen molar-refractivity contribution in [3.63, 3.8) is 0 Å². The Bertz CT molecular complexity index is 837. The molecule has 2 aliphatic rings. The monoisotopic (exact) mass is 522 g/mol. The predicted molar refractivity (Wildman–Crippen MR) is 128 cm³/mol. The molecule has 1 aromatic rings. The van der Waals surface area contributed by atoms with Crippen LogP contribution in [0.15, 0.2) is 6.07 Å². The normalized spacial score (nSPS) is 25.6. The van der Waals surface area contributed by atoms with Crippen molar-refractivity contribution in [2.75, 3.05) is 6.61 Å². The summed E-state index contributed by atoms with van der Waals surface area (Å²) < 4.78 is 95.6. The van der Waals surface area contributed by atoms with Crippen molar-refractivity contribution in [1.29, 1.82) is 0 Å². The number of ether oxygens (including phenoxy) is 2. The summed E-state index contributed by atoms with van der Waals surface area (Å²) in [6.45, 7) is 4.83. The Morgan fingerprint density at radius 3 is 1.97 bits per heavy atom. The number of benzene rings is 1. The quantitative estimate of drug-likeness (QED) is 0.225. The smallest absolute Gasteiger partial charge is 0.422 e. The van der Waals surface area contributed by atoms with E-state index in [1.165, 1.54) is 52.4 Å². The molecule has 1 aromatic carbocycles. The van der Waals surface area contributed by atoms with Gasteiger partial charge in [0.1, 0.15) is 11.3 Å². The maximum Gasteiger partial charge on any atom is 0.422 e. The average molecular weight is 523 g/mol. The molecule has 206 valence electrons. The number of alkyl halides is 5. The predicted octanol–water partition coefficient (Wildman–Crippen LogP) is 9.72. The van der Waals surface area contributed by atoms with Crippen LogP contribution in [-0.4, -0.2) is 12.7 Å². The van der Waals surface area contributed by atoms with E-state index in [4.69, 9.17) is 9.47 Å². The first-order valence-corrected chi connectivity index (χ1v) is 13.6. The Balaban J connectivity index is 1.63. The van der Waals surface area contributed by atoms with Crippen LogP contribution in [-0.2, 0) is 6.18 Å². The SMILES string of the molecule is CCCCCC1CCC(C2CCC(C(F)(F)Oc3c(C)cc(OCC)c(F)c3C(F)(F)F)CC2)CC1. The Labute approximate surface area is 211 Å². The Hall–Kier alpha value is -1.60. The van der Waals surface area contributed by atoms with Crippen LogP contribution in [0.25, 0.3) is 0 Å². The van der Waals surface area contributed by atoms with Crippen LogP contribution in [0.1, 0.15) is 102 Å². The summed E-state index contributed by atoms with van der Waals surface area (Å²) in [5, 5.41) is 0. The lowest BCUT2D eigenvalue weighted by Crippen LogP contribution is -2.39. The van der Waals surface area contributed by atoms with Gasteiger partial charge >= 0.3 is 12.3 Å². The van der Waals surface area contributed by atoms with E-state index >= 15 is 8.78 Å². The second kappa shape index (κ2) is 12.3. The third-order valence-electron chi connectivity index (χ3n) is 8.21. The molecule has 0 N–H and O–H groups in total. The van der Waals surface area contributed by atoms with Crippen LogP contribution in [0.2, 0.25) is 0 Å². The molecule has 0 heterocycles. The summed E-state index contributed by atoms with van der Waals surface area (Å²) in [5.74, 6) is -3.01. The molecule has 2 saturated carbocycles. The molecule has 0 spiro atoms. The van der Waals surface area contributed by atoms with Crippen LogP contribution >= 0.6 is 0 Å². The van der Waals surface area contributed by atoms with E-state index < -0.39 is 41.1 Å². The van der Waals surface area contributed by atoms with Crippen molar-refractivity contribution in [1.82, 2.24) is 0 Å². The van der Waals surface area contributed by atoms with E-state index in [9.17, 15) is 17.6 Å². The molecule has 8 heteroatoms. The molecule has 0 atom stereocenters. The molecule has 3 rings (SSSR count). The molecule has 36 heavy (non-hydrogen) atoms. The van der Waals surface area contributed by atoms with Gasteiger partial charge in [-0.05, 0) is 81.8 Å². The lowest BCUT2D eigenvalue weighted by atomic mass is 9.68. The van der Waals surface area contributed by atoms with Crippen LogP contribution in [0.4, 0.5) is 26.3 Å². The van der Waals surface area contributed by atoms with E-state index in [0.29, 0.717) is 24.7 Å². The van der Waals surface area contributed by atoms with Gasteiger partial charge in [-0.25, -0.2) is 4.39 Å². The highest BCUT2D eigenvalue weighted by atomic mass is 19.4. The van der Waals surface area contributed by atoms with E-state index in [-0.39, 0.29) is 25.0 Å². The van der Waals surface area contributed by atoms with E-state index in [1.807, 2.05) is 0 Å². The molecular formula is C28H40F6O2. The number of aryl methyl sites for hydroxylation is 1. The van der Waals surface area contributed by atoms with Gasteiger partial charge in [-0.2, -0.15) is 22.0 Å². The van der Waals surface area contributed by atoms with Crippen LogP contribution < -0.4 is 9.47 Å². The minimum absolute atomic E-state index is 0.0617. The molecule has 0 aliphatic heterocycles. The number of hydrogen-bond donors (Lipinski definition) is 0. The van der Waals surface area contributed by atoms with Gasteiger partial charge in [-0.3, -0.25) is 0 Å². The zero-order valence-corrected chi connectivity index (χ0v) is 21.7. The zero-order chi connectivity index (χ0) is 26.5. The molecule has 2 aliphatic carbocycles. The van der Waals surface area contributed by atoms with Crippen LogP contribution in [0.3, 0.4) is 0 Å². The summed E-state index contributed by atoms with van der Waals surface area (Å²) in [4.78, 5) is 0. The molecular weight excluding hydrogens is 482 g/mol. The standard InChI is InChI=1S/C28H40F6O2/c1-4-6-7-8-19-9-11-20(12-10-19)21-13-15-22(16-14-21)28(33,34)36-26-18(3)17-23(35-5-2)25(29)24(26)27(30,31)32/h17,19-22H,4-16H2,1-3H3. The fourth-order valence-electron chi connectivity index (χ4n) is 6.17. The largest absolute Gasteiger partial charge is 0.491 e. The molecule has 0 amide bonds. The second-order valence-electron chi connectivity index (χ2n) is 10.7. The minimum atomic E-state index is -5.21. The highest BCUT2D eigenvalue weighted by molar-refractivity contribution is 5.49. The number of unbranched alkanes of at least 4 members (excludes halogenated alkanes) is 2. The topological polar surface area (TPSA) is 18.5 Å². The van der Waals surface area contributed by atoms with Gasteiger partial charge in [0.25, 0.3) is 0 Å². The summed E-state index contributed by atoms with van der Waals surface area (Å²) in [6.07, 6.45) is 2.32. The maximum atomic E-state index is 15.1. The average Bonchev–Trinajstić information content (AvgIpc) is 2.82. The molecule has 0 aromatic heterocycles. The van der Waals surface area contributed by atoms with Crippen molar-refractivity contribution in [3.8, 4) is 11.5 Å². The van der Waals surface area contributed by atoms with Gasteiger partial charge in [0.15, 0.2) is 11.6 Å². The Morgan fingerprint density at radius 2 is 1.44 bits per heavy atom. The number of rotatable bonds is 10. The van der Waals surface area contributed by atoms with Gasteiger partial charge < -0.3 is 9.47 Å². The molecule has 0 saturated heterocycles. The lowest BCUT2D eigenvalue weighted by Gasteiger charge is -2.39. The highest BCUT2D eigenvalue weighted by Gasteiger charge is 2.48. The third-order valence-corrected chi connectivity index (χ3v) is 8.21. The first kappa shape index (κ1) is 29.0. The van der Waals surface area contributed by atoms with Crippen molar-refractivity contribution in [2.45, 2.75) is 110 Å². The Kier molecular flexibility index (Phi) is 9.89. The van der Waals surface area contributed by atoms with Gasteiger partial charge in [-0.1, -0.05) is 45.4 Å². The molecule has 0 radical (unpaired) electrons. The highest BCUT2D eigenvalue weighted by Crippen LogP contribution is 2.49. The number of hydrogen-bond acceptors (Lipinski definition) is 2. The van der Waals surface area contributed by atoms with Crippen LogP contribution in [0.5, 0.6) is 11.5 Å². The molecule has 2 nitrogen and oxygen atoms in total. The van der Waals surface area contributed by atoms with Crippen molar-refractivity contribution < 1.29 is 35.8 Å². The van der Waals surface area contributed by atoms with E-state index in [0.717, 1.165) is 24.8 Å². The lowest BCUT2D eigenvalue weighted by molar-refractivity contribution is -0.227. The summed E-state index contributed by atoms with van der Waals surface area (Å²) in [7, 11) is 0. The first-order chi connectivity index (χ1) is 17.0. The Morgan fingerprint density at radius 1 is 0.861 bits per heavy atom. The van der Waals surface area contributed by atoms with Gasteiger partial charge in [0.2, 0.25) is 0 Å². The minimum Gasteiger partial charge on any atom is -0.491 e. The van der Waals surface area contributed by atoms with E-state index in [1.54, 1.807) is 0 Å². The van der Waals surface area contributed by atoms with E-state index in [2.05, 4.69) is 6.92 Å². The fraction of sp³-hybridized carbons (Fsp3) is 0.786. The van der Waals surface area contributed by atoms with Gasteiger partial charge in [-0.15, -0.1) is 0 Å². The fourth-order valence-corrected chi connectivity index (χ4v) is 6.17. The maximum absolute atomic E-state index is 15.1. The third kappa shape index (κ3) is 7.03. The summed E-state index contributed by atoms with van der Waals surface area (Å²) in [5.41, 5.74) is -2.08. The van der Waals surface area contributed by atoms with Crippen molar-refractivity contribution in [3.05, 3.63) is 23.0 Å². The summed E-state index contributed by atoms with van der Waals surface area (Å²) in [6, 6.07) is 0.981. The van der Waals surface area contributed by atoms with Gasteiger partial charge in [0.05, 0.1) is 12.5 Å². The van der Waals surface area contributed by atoms with Gasteiger partial charge in [0, 0.05) is 0 Å². The van der Waals surface area contributed by atoms with Crippen molar-refractivity contribution >= 4 is 0 Å². The second-order valence-corrected chi connectivity index (χ2v) is 10.7.